The average Bonchev–Trinajstić information content (AvgIpc) is 2.95. The average molecular weight is 586 g/mol. The van der Waals surface area contributed by atoms with Crippen LogP contribution in [-0.4, -0.2) is 51.4 Å². The van der Waals surface area contributed by atoms with Crippen LogP contribution in [-0.2, 0) is 26.2 Å². The molecule has 3 aromatic carbocycles. The highest BCUT2D eigenvalue weighted by Crippen LogP contribution is 2.26. The number of anilines is 1. The van der Waals surface area contributed by atoms with Gasteiger partial charge in [-0.05, 0) is 66.4 Å². The zero-order chi connectivity index (χ0) is 29.3. The zero-order valence-electron chi connectivity index (χ0n) is 23.2. The Balaban J connectivity index is 2.04. The van der Waals surface area contributed by atoms with Crippen LogP contribution in [0, 0.1) is 5.92 Å². The predicted octanol–water partition coefficient (Wildman–Crippen LogP) is 5.12. The van der Waals surface area contributed by atoms with Gasteiger partial charge in [-0.15, -0.1) is 0 Å². The lowest BCUT2D eigenvalue weighted by Gasteiger charge is -2.33. The number of sulfonamides is 1. The lowest BCUT2D eigenvalue weighted by Crippen LogP contribution is -2.52. The minimum atomic E-state index is -4.13. The lowest BCUT2D eigenvalue weighted by molar-refractivity contribution is -0.140. The second-order valence-corrected chi connectivity index (χ2v) is 12.0. The molecule has 1 N–H and O–H groups in total. The van der Waals surface area contributed by atoms with E-state index in [1.54, 1.807) is 67.8 Å². The molecule has 40 heavy (non-hydrogen) atoms. The molecule has 8 nitrogen and oxygen atoms in total. The first-order valence-corrected chi connectivity index (χ1v) is 14.9. The van der Waals surface area contributed by atoms with Gasteiger partial charge in [-0.1, -0.05) is 62.7 Å². The fourth-order valence-electron chi connectivity index (χ4n) is 4.17. The molecule has 0 heterocycles. The van der Waals surface area contributed by atoms with E-state index in [-0.39, 0.29) is 29.0 Å². The SMILES string of the molecule is CC[C@@H](C(=O)NCC(C)C)N(Cc1cccc(OC)c1)C(=O)CN(c1ccc(Cl)cc1)S(=O)(=O)c1ccccc1. The molecule has 3 rings (SSSR count). The van der Waals surface area contributed by atoms with Crippen molar-refractivity contribution in [3.8, 4) is 5.75 Å². The molecule has 214 valence electrons. The third kappa shape index (κ3) is 7.99. The Bertz CT molecular complexity index is 1380. The molecular weight excluding hydrogens is 550 g/mol. The number of halogens is 1. The van der Waals surface area contributed by atoms with Crippen molar-refractivity contribution in [2.24, 2.45) is 5.92 Å². The van der Waals surface area contributed by atoms with Gasteiger partial charge in [0.1, 0.15) is 18.3 Å². The second kappa shape index (κ2) is 14.2. The van der Waals surface area contributed by atoms with Crippen LogP contribution in [0.1, 0.15) is 32.8 Å². The van der Waals surface area contributed by atoms with Crippen LogP contribution < -0.4 is 14.4 Å². The maximum Gasteiger partial charge on any atom is 0.264 e. The van der Waals surface area contributed by atoms with Crippen molar-refractivity contribution in [2.75, 3.05) is 24.5 Å². The molecule has 0 unspecified atom stereocenters. The Morgan fingerprint density at radius 2 is 1.65 bits per heavy atom. The van der Waals surface area contributed by atoms with E-state index in [9.17, 15) is 18.0 Å². The van der Waals surface area contributed by atoms with Crippen LogP contribution in [0.3, 0.4) is 0 Å². The van der Waals surface area contributed by atoms with Gasteiger partial charge in [0.15, 0.2) is 0 Å². The number of rotatable bonds is 13. The van der Waals surface area contributed by atoms with Crippen molar-refractivity contribution in [3.05, 3.63) is 89.4 Å². The molecule has 10 heteroatoms. The monoisotopic (exact) mass is 585 g/mol. The maximum atomic E-state index is 14.1. The van der Waals surface area contributed by atoms with Gasteiger partial charge in [0.05, 0.1) is 17.7 Å². The van der Waals surface area contributed by atoms with Crippen LogP contribution in [0.25, 0.3) is 0 Å². The van der Waals surface area contributed by atoms with Crippen LogP contribution >= 0.6 is 11.6 Å². The number of methoxy groups -OCH3 is 1. The molecule has 0 aromatic heterocycles. The van der Waals surface area contributed by atoms with Gasteiger partial charge in [0.2, 0.25) is 11.8 Å². The molecule has 3 aromatic rings. The van der Waals surface area contributed by atoms with Crippen molar-refractivity contribution in [1.82, 2.24) is 10.2 Å². The molecule has 0 aliphatic rings. The van der Waals surface area contributed by atoms with Crippen molar-refractivity contribution in [3.63, 3.8) is 0 Å². The smallest absolute Gasteiger partial charge is 0.264 e. The lowest BCUT2D eigenvalue weighted by atomic mass is 10.1. The summed E-state index contributed by atoms with van der Waals surface area (Å²) < 4.78 is 34.0. The summed E-state index contributed by atoms with van der Waals surface area (Å²) in [5, 5.41) is 3.35. The quantitative estimate of drug-likeness (QED) is 0.300. The number of benzene rings is 3. The molecule has 2 amide bonds. The van der Waals surface area contributed by atoms with Crippen LogP contribution in [0.2, 0.25) is 5.02 Å². The number of hydrogen-bond donors (Lipinski definition) is 1. The number of nitrogens with zero attached hydrogens (tertiary/aromatic N) is 2. The molecule has 0 bridgehead atoms. The standard InChI is InChI=1S/C30H36ClN3O5S/c1-5-28(30(36)32-19-22(2)3)33(20-23-10-9-11-26(18-23)39-4)29(35)21-34(25-16-14-24(31)15-17-25)40(37,38)27-12-7-6-8-13-27/h6-18,22,28H,5,19-21H2,1-4H3,(H,32,36)/t28-/m0/s1. The zero-order valence-corrected chi connectivity index (χ0v) is 24.8. The van der Waals surface area contributed by atoms with Gasteiger partial charge in [-0.2, -0.15) is 0 Å². The highest BCUT2D eigenvalue weighted by atomic mass is 35.5. The summed E-state index contributed by atoms with van der Waals surface area (Å²) in [6.07, 6.45) is 0.339. The third-order valence-corrected chi connectivity index (χ3v) is 8.32. The fourth-order valence-corrected chi connectivity index (χ4v) is 5.73. The Kier molecular flexibility index (Phi) is 11.0. The van der Waals surface area contributed by atoms with Gasteiger partial charge in [0.25, 0.3) is 10.0 Å². The Labute approximate surface area is 241 Å². The molecule has 0 aliphatic carbocycles. The summed E-state index contributed by atoms with van der Waals surface area (Å²) in [7, 11) is -2.58. The normalized spacial score (nSPS) is 12.1. The molecule has 0 saturated heterocycles. The van der Waals surface area contributed by atoms with Crippen LogP contribution in [0.4, 0.5) is 5.69 Å². The van der Waals surface area contributed by atoms with E-state index in [0.29, 0.717) is 23.7 Å². The van der Waals surface area contributed by atoms with E-state index in [2.05, 4.69) is 5.32 Å². The predicted molar refractivity (Wildman–Crippen MR) is 158 cm³/mol. The van der Waals surface area contributed by atoms with E-state index < -0.39 is 28.5 Å². The molecule has 0 saturated carbocycles. The summed E-state index contributed by atoms with van der Waals surface area (Å²) >= 11 is 6.07. The van der Waals surface area contributed by atoms with E-state index in [4.69, 9.17) is 16.3 Å². The maximum absolute atomic E-state index is 14.1. The van der Waals surface area contributed by atoms with E-state index >= 15 is 0 Å². The fraction of sp³-hybridized carbons (Fsp3) is 0.333. The Hall–Kier alpha value is -3.56. The van der Waals surface area contributed by atoms with Crippen molar-refractivity contribution < 1.29 is 22.7 Å². The van der Waals surface area contributed by atoms with Gasteiger partial charge >= 0.3 is 0 Å². The first-order chi connectivity index (χ1) is 19.1. The Morgan fingerprint density at radius 1 is 0.975 bits per heavy atom. The first kappa shape index (κ1) is 31.0. The van der Waals surface area contributed by atoms with E-state index in [1.807, 2.05) is 26.8 Å². The molecule has 1 atom stereocenters. The van der Waals surface area contributed by atoms with E-state index in [1.165, 1.54) is 17.0 Å². The molecular formula is C30H36ClN3O5S. The number of amides is 2. The number of ether oxygens (including phenoxy) is 1. The summed E-state index contributed by atoms with van der Waals surface area (Å²) in [6, 6.07) is 20.5. The number of nitrogens with one attached hydrogen (secondary N) is 1. The highest BCUT2D eigenvalue weighted by Gasteiger charge is 2.33. The molecule has 0 fully saturated rings. The summed E-state index contributed by atoms with van der Waals surface area (Å²) in [4.78, 5) is 28.8. The van der Waals surface area contributed by atoms with Gasteiger partial charge in [-0.3, -0.25) is 13.9 Å². The van der Waals surface area contributed by atoms with Gasteiger partial charge in [-0.25, -0.2) is 8.42 Å². The third-order valence-electron chi connectivity index (χ3n) is 6.28. The molecule has 0 radical (unpaired) electrons. The minimum absolute atomic E-state index is 0.0406. The highest BCUT2D eigenvalue weighted by molar-refractivity contribution is 7.92. The van der Waals surface area contributed by atoms with Crippen LogP contribution in [0.15, 0.2) is 83.8 Å². The van der Waals surface area contributed by atoms with Gasteiger partial charge < -0.3 is 15.0 Å². The minimum Gasteiger partial charge on any atom is -0.497 e. The summed E-state index contributed by atoms with van der Waals surface area (Å²) in [5.41, 5.74) is 1.02. The topological polar surface area (TPSA) is 96.0 Å². The van der Waals surface area contributed by atoms with Crippen molar-refractivity contribution in [2.45, 2.75) is 44.7 Å². The summed E-state index contributed by atoms with van der Waals surface area (Å²) in [6.45, 7) is 5.82. The Morgan fingerprint density at radius 3 is 2.25 bits per heavy atom. The van der Waals surface area contributed by atoms with Crippen molar-refractivity contribution >= 4 is 39.1 Å². The summed E-state index contributed by atoms with van der Waals surface area (Å²) in [5.74, 6) is 0.0114. The number of carbonyl (C=O) groups is 2. The van der Waals surface area contributed by atoms with E-state index in [0.717, 1.165) is 9.87 Å². The van der Waals surface area contributed by atoms with Crippen molar-refractivity contribution in [1.29, 1.82) is 0 Å². The van der Waals surface area contributed by atoms with Crippen LogP contribution in [0.5, 0.6) is 5.75 Å². The largest absolute Gasteiger partial charge is 0.497 e. The number of hydrogen-bond acceptors (Lipinski definition) is 5. The second-order valence-electron chi connectivity index (χ2n) is 9.74. The number of carbonyl (C=O) groups excluding carboxylic acids is 2. The molecule has 0 aliphatic heterocycles. The van der Waals surface area contributed by atoms with Gasteiger partial charge in [0, 0.05) is 18.1 Å². The molecule has 0 spiro atoms. The first-order valence-electron chi connectivity index (χ1n) is 13.1.